The van der Waals surface area contributed by atoms with Gasteiger partial charge in [0, 0.05) is 4.88 Å². The topological polar surface area (TPSA) is 55.1 Å². The molecule has 1 aliphatic carbocycles. The van der Waals surface area contributed by atoms with Crippen molar-refractivity contribution in [3.8, 4) is 0 Å². The summed E-state index contributed by atoms with van der Waals surface area (Å²) in [7, 11) is 0. The molecule has 1 aromatic heterocycles. The van der Waals surface area contributed by atoms with Crippen LogP contribution in [0.3, 0.4) is 0 Å². The van der Waals surface area contributed by atoms with Gasteiger partial charge in [0.1, 0.15) is 0 Å². The number of carbonyl (C=O) groups excluding carboxylic acids is 1. The summed E-state index contributed by atoms with van der Waals surface area (Å²) in [4.78, 5) is 14.6. The Morgan fingerprint density at radius 2 is 2.00 bits per heavy atom. The molecule has 0 aliphatic heterocycles. The zero-order chi connectivity index (χ0) is 14.8. The molecule has 3 N–H and O–H groups in total. The number of hydrogen-bond acceptors (Lipinski definition) is 3. The minimum Gasteiger partial charge on any atom is -0.397 e. The van der Waals surface area contributed by atoms with Crippen LogP contribution in [0.5, 0.6) is 0 Å². The lowest BCUT2D eigenvalue weighted by Gasteiger charge is -2.07. The third-order valence-corrected chi connectivity index (χ3v) is 5.16. The predicted molar refractivity (Wildman–Crippen MR) is 89.1 cm³/mol. The molecule has 0 fully saturated rings. The molecular formula is C17H20N2OS. The Bertz CT molecular complexity index is 652. The molecule has 1 aliphatic rings. The minimum atomic E-state index is -0.0522. The Labute approximate surface area is 129 Å². The summed E-state index contributed by atoms with van der Waals surface area (Å²) in [6.07, 6.45) is 5.98. The van der Waals surface area contributed by atoms with Crippen molar-refractivity contribution in [1.82, 2.24) is 0 Å². The van der Waals surface area contributed by atoms with Gasteiger partial charge in [-0.05, 0) is 61.9 Å². The SMILES string of the molecule is Cc1ccc(NC(=O)c2cc3c(s2)CCCCC3)c(N)c1. The van der Waals surface area contributed by atoms with E-state index in [1.165, 1.54) is 29.7 Å². The summed E-state index contributed by atoms with van der Waals surface area (Å²) in [5.74, 6) is -0.0522. The molecule has 2 aromatic rings. The fourth-order valence-electron chi connectivity index (χ4n) is 2.76. The summed E-state index contributed by atoms with van der Waals surface area (Å²) in [6.45, 7) is 1.98. The molecule has 0 saturated carbocycles. The van der Waals surface area contributed by atoms with E-state index in [2.05, 4.69) is 11.4 Å². The van der Waals surface area contributed by atoms with Crippen LogP contribution >= 0.6 is 11.3 Å². The molecule has 0 saturated heterocycles. The third-order valence-electron chi connectivity index (χ3n) is 3.93. The molecule has 1 aromatic carbocycles. The molecule has 4 heteroatoms. The maximum Gasteiger partial charge on any atom is 0.265 e. The Balaban J connectivity index is 1.79. The van der Waals surface area contributed by atoms with Crippen molar-refractivity contribution in [3.63, 3.8) is 0 Å². The molecule has 3 rings (SSSR count). The number of carbonyl (C=O) groups is 1. The standard InChI is InChI=1S/C17H20N2OS/c1-11-7-8-14(13(18)9-11)19-17(20)16-10-12-5-3-2-4-6-15(12)21-16/h7-10H,2-6,18H2,1H3,(H,19,20). The maximum atomic E-state index is 12.4. The lowest BCUT2D eigenvalue weighted by Crippen LogP contribution is -2.11. The number of anilines is 2. The Kier molecular flexibility index (Phi) is 3.97. The molecule has 0 radical (unpaired) electrons. The lowest BCUT2D eigenvalue weighted by molar-refractivity contribution is 0.103. The van der Waals surface area contributed by atoms with Gasteiger partial charge in [-0.25, -0.2) is 0 Å². The number of aryl methyl sites for hydroxylation is 3. The van der Waals surface area contributed by atoms with E-state index >= 15 is 0 Å². The number of thiophene rings is 1. The molecule has 1 amide bonds. The van der Waals surface area contributed by atoms with Crippen LogP contribution in [0.25, 0.3) is 0 Å². The summed E-state index contributed by atoms with van der Waals surface area (Å²) in [5, 5.41) is 2.92. The van der Waals surface area contributed by atoms with Gasteiger partial charge < -0.3 is 11.1 Å². The average molecular weight is 300 g/mol. The van der Waals surface area contributed by atoms with Crippen molar-refractivity contribution in [2.24, 2.45) is 0 Å². The Morgan fingerprint density at radius 3 is 2.81 bits per heavy atom. The van der Waals surface area contributed by atoms with E-state index in [1.807, 2.05) is 25.1 Å². The van der Waals surface area contributed by atoms with E-state index in [1.54, 1.807) is 11.3 Å². The van der Waals surface area contributed by atoms with Gasteiger partial charge in [-0.1, -0.05) is 12.5 Å². The van der Waals surface area contributed by atoms with E-state index in [-0.39, 0.29) is 5.91 Å². The first-order chi connectivity index (χ1) is 10.1. The summed E-state index contributed by atoms with van der Waals surface area (Å²) < 4.78 is 0. The molecule has 110 valence electrons. The van der Waals surface area contributed by atoms with Gasteiger partial charge >= 0.3 is 0 Å². The highest BCUT2D eigenvalue weighted by Crippen LogP contribution is 2.30. The zero-order valence-electron chi connectivity index (χ0n) is 12.2. The quantitative estimate of drug-likeness (QED) is 0.646. The van der Waals surface area contributed by atoms with Crippen LogP contribution in [0.4, 0.5) is 11.4 Å². The molecule has 0 atom stereocenters. The third kappa shape index (κ3) is 3.10. The maximum absolute atomic E-state index is 12.4. The van der Waals surface area contributed by atoms with Crippen LogP contribution in [0.1, 0.15) is 44.9 Å². The van der Waals surface area contributed by atoms with Gasteiger partial charge in [0.25, 0.3) is 5.91 Å². The van der Waals surface area contributed by atoms with Gasteiger partial charge in [0.05, 0.1) is 16.3 Å². The van der Waals surface area contributed by atoms with E-state index in [4.69, 9.17) is 5.73 Å². The molecule has 3 nitrogen and oxygen atoms in total. The van der Waals surface area contributed by atoms with Gasteiger partial charge in [-0.3, -0.25) is 4.79 Å². The zero-order valence-corrected chi connectivity index (χ0v) is 13.1. The Morgan fingerprint density at radius 1 is 1.19 bits per heavy atom. The number of nitrogens with one attached hydrogen (secondary N) is 1. The van der Waals surface area contributed by atoms with Crippen molar-refractivity contribution in [2.75, 3.05) is 11.1 Å². The number of hydrogen-bond donors (Lipinski definition) is 2. The second-order valence-corrected chi connectivity index (χ2v) is 6.80. The minimum absolute atomic E-state index is 0.0522. The van der Waals surface area contributed by atoms with Crippen molar-refractivity contribution in [3.05, 3.63) is 45.1 Å². The molecule has 1 heterocycles. The van der Waals surface area contributed by atoms with Gasteiger partial charge in [0.15, 0.2) is 0 Å². The van der Waals surface area contributed by atoms with Crippen LogP contribution in [-0.4, -0.2) is 5.91 Å². The van der Waals surface area contributed by atoms with Gasteiger partial charge in [-0.2, -0.15) is 0 Å². The van der Waals surface area contributed by atoms with Crippen LogP contribution in [0, 0.1) is 6.92 Å². The first kappa shape index (κ1) is 14.1. The summed E-state index contributed by atoms with van der Waals surface area (Å²) in [6, 6.07) is 7.75. The summed E-state index contributed by atoms with van der Waals surface area (Å²) in [5.41, 5.74) is 9.71. The van der Waals surface area contributed by atoms with Crippen LogP contribution in [0.2, 0.25) is 0 Å². The average Bonchev–Trinajstić information content (AvgIpc) is 2.73. The highest BCUT2D eigenvalue weighted by Gasteiger charge is 2.17. The summed E-state index contributed by atoms with van der Waals surface area (Å²) >= 11 is 1.63. The van der Waals surface area contributed by atoms with Crippen LogP contribution < -0.4 is 11.1 Å². The van der Waals surface area contributed by atoms with Crippen molar-refractivity contribution >= 4 is 28.6 Å². The number of amides is 1. The first-order valence-corrected chi connectivity index (χ1v) is 8.24. The monoisotopic (exact) mass is 300 g/mol. The van der Waals surface area contributed by atoms with Gasteiger partial charge in [0.2, 0.25) is 0 Å². The highest BCUT2D eigenvalue weighted by molar-refractivity contribution is 7.14. The molecule has 0 unspecified atom stereocenters. The number of fused-ring (bicyclic) bond motifs is 1. The van der Waals surface area contributed by atoms with Crippen molar-refractivity contribution < 1.29 is 4.79 Å². The van der Waals surface area contributed by atoms with Crippen LogP contribution in [-0.2, 0) is 12.8 Å². The van der Waals surface area contributed by atoms with E-state index < -0.39 is 0 Å². The number of nitrogens with two attached hydrogens (primary N) is 1. The van der Waals surface area contributed by atoms with E-state index in [0.717, 1.165) is 23.3 Å². The smallest absolute Gasteiger partial charge is 0.265 e. The van der Waals surface area contributed by atoms with Crippen LogP contribution in [0.15, 0.2) is 24.3 Å². The van der Waals surface area contributed by atoms with Crippen molar-refractivity contribution in [2.45, 2.75) is 39.0 Å². The fourth-order valence-corrected chi connectivity index (χ4v) is 3.91. The normalized spacial score (nSPS) is 14.3. The predicted octanol–water partition coefficient (Wildman–Crippen LogP) is 4.16. The van der Waals surface area contributed by atoms with Crippen molar-refractivity contribution in [1.29, 1.82) is 0 Å². The molecular weight excluding hydrogens is 280 g/mol. The largest absolute Gasteiger partial charge is 0.397 e. The van der Waals surface area contributed by atoms with E-state index in [0.29, 0.717) is 11.4 Å². The van der Waals surface area contributed by atoms with Gasteiger partial charge in [-0.15, -0.1) is 11.3 Å². The Hall–Kier alpha value is -1.81. The molecule has 0 spiro atoms. The second-order valence-electron chi connectivity index (χ2n) is 5.66. The molecule has 21 heavy (non-hydrogen) atoms. The number of nitrogen functional groups attached to an aromatic ring is 1. The fraction of sp³-hybridized carbons (Fsp3) is 0.353. The molecule has 0 bridgehead atoms. The van der Waals surface area contributed by atoms with E-state index in [9.17, 15) is 4.79 Å². The highest BCUT2D eigenvalue weighted by atomic mass is 32.1. The number of rotatable bonds is 2. The second kappa shape index (κ2) is 5.90. The number of benzene rings is 1. The lowest BCUT2D eigenvalue weighted by atomic mass is 10.1. The first-order valence-electron chi connectivity index (χ1n) is 7.42.